The highest BCUT2D eigenvalue weighted by Crippen LogP contribution is 2.25. The third kappa shape index (κ3) is 2.50. The maximum absolute atomic E-state index is 5.31. The first kappa shape index (κ1) is 11.7. The average Bonchev–Trinajstić information content (AvgIpc) is 2.74. The first-order valence-corrected chi connectivity index (χ1v) is 5.55. The molecule has 0 saturated heterocycles. The summed E-state index contributed by atoms with van der Waals surface area (Å²) >= 11 is 3.35. The zero-order valence-corrected chi connectivity index (χ0v) is 10.6. The van der Waals surface area contributed by atoms with Gasteiger partial charge >= 0.3 is 0 Å². The number of nitrogens with zero attached hydrogens (tertiary/aromatic N) is 5. The van der Waals surface area contributed by atoms with Crippen LogP contribution in [-0.4, -0.2) is 24.7 Å². The van der Waals surface area contributed by atoms with Gasteiger partial charge in [0.2, 0.25) is 0 Å². The monoisotopic (exact) mass is 298 g/mol. The van der Waals surface area contributed by atoms with E-state index in [0.717, 1.165) is 5.82 Å². The van der Waals surface area contributed by atoms with E-state index in [9.17, 15) is 0 Å². The number of nitrogens with two attached hydrogens (primary N) is 1. The molecule has 0 aliphatic heterocycles. The van der Waals surface area contributed by atoms with Crippen LogP contribution in [0.15, 0.2) is 17.1 Å². The summed E-state index contributed by atoms with van der Waals surface area (Å²) in [4.78, 5) is 8.05. The minimum absolute atomic E-state index is 0.510. The van der Waals surface area contributed by atoms with Crippen molar-refractivity contribution in [1.82, 2.24) is 24.7 Å². The highest BCUT2D eigenvalue weighted by atomic mass is 79.9. The standard InChI is InChI=1S/C8H11BrN8/c1-17-4-14-16-5(17)2-11-7-6(9)8(15-10)13-3-12-7/h3-4H,2,10H2,1H3,(H2,11,12,13,15). The molecule has 9 heteroatoms. The molecule has 0 radical (unpaired) electrons. The lowest BCUT2D eigenvalue weighted by atomic mass is 10.5. The van der Waals surface area contributed by atoms with Crippen molar-refractivity contribution in [2.24, 2.45) is 12.9 Å². The van der Waals surface area contributed by atoms with E-state index in [2.05, 4.69) is 46.8 Å². The minimum Gasteiger partial charge on any atom is -0.362 e. The van der Waals surface area contributed by atoms with Crippen LogP contribution in [0.4, 0.5) is 11.6 Å². The second kappa shape index (κ2) is 5.06. The Morgan fingerprint density at radius 1 is 1.41 bits per heavy atom. The van der Waals surface area contributed by atoms with Gasteiger partial charge in [0.1, 0.15) is 22.9 Å². The molecule has 0 unspecified atom stereocenters. The molecule has 0 bridgehead atoms. The third-order valence-electron chi connectivity index (χ3n) is 2.15. The summed E-state index contributed by atoms with van der Waals surface area (Å²) in [6, 6.07) is 0. The van der Waals surface area contributed by atoms with Gasteiger partial charge in [-0.15, -0.1) is 10.2 Å². The van der Waals surface area contributed by atoms with Crippen LogP contribution in [0.1, 0.15) is 5.82 Å². The van der Waals surface area contributed by atoms with Crippen LogP contribution in [0.3, 0.4) is 0 Å². The van der Waals surface area contributed by atoms with Gasteiger partial charge in [0, 0.05) is 7.05 Å². The van der Waals surface area contributed by atoms with Crippen LogP contribution in [0.5, 0.6) is 0 Å². The molecule has 0 fully saturated rings. The van der Waals surface area contributed by atoms with Crippen molar-refractivity contribution in [3.63, 3.8) is 0 Å². The number of nitrogen functional groups attached to an aromatic ring is 1. The molecule has 0 atom stereocenters. The number of hydrogen-bond acceptors (Lipinski definition) is 7. The molecular weight excluding hydrogens is 288 g/mol. The molecule has 2 aromatic heterocycles. The Balaban J connectivity index is 2.12. The normalized spacial score (nSPS) is 10.3. The van der Waals surface area contributed by atoms with Gasteiger partial charge in [0.15, 0.2) is 11.6 Å². The fourth-order valence-corrected chi connectivity index (χ4v) is 1.68. The molecule has 90 valence electrons. The Hall–Kier alpha value is -1.74. The maximum atomic E-state index is 5.31. The highest BCUT2D eigenvalue weighted by molar-refractivity contribution is 9.10. The predicted molar refractivity (Wildman–Crippen MR) is 65.9 cm³/mol. The van der Waals surface area contributed by atoms with Gasteiger partial charge in [-0.25, -0.2) is 15.8 Å². The van der Waals surface area contributed by atoms with Crippen molar-refractivity contribution >= 4 is 27.6 Å². The number of halogens is 1. The summed E-state index contributed by atoms with van der Waals surface area (Å²) in [5.41, 5.74) is 2.47. The molecule has 0 amide bonds. The molecule has 0 aliphatic rings. The number of aromatic nitrogens is 5. The lowest BCUT2D eigenvalue weighted by Gasteiger charge is -2.09. The Kier molecular flexibility index (Phi) is 3.49. The second-order valence-corrected chi connectivity index (χ2v) is 4.03. The highest BCUT2D eigenvalue weighted by Gasteiger charge is 2.08. The van der Waals surface area contributed by atoms with Crippen LogP contribution >= 0.6 is 15.9 Å². The smallest absolute Gasteiger partial charge is 0.159 e. The van der Waals surface area contributed by atoms with Gasteiger partial charge in [0.05, 0.1) is 6.54 Å². The summed E-state index contributed by atoms with van der Waals surface area (Å²) < 4.78 is 2.49. The van der Waals surface area contributed by atoms with E-state index >= 15 is 0 Å². The van der Waals surface area contributed by atoms with E-state index in [1.54, 1.807) is 6.33 Å². The summed E-state index contributed by atoms with van der Waals surface area (Å²) in [6.45, 7) is 0.510. The van der Waals surface area contributed by atoms with Crippen molar-refractivity contribution in [3.05, 3.63) is 23.0 Å². The summed E-state index contributed by atoms with van der Waals surface area (Å²) in [7, 11) is 1.87. The van der Waals surface area contributed by atoms with Gasteiger partial charge in [0.25, 0.3) is 0 Å². The minimum atomic E-state index is 0.510. The Morgan fingerprint density at radius 3 is 2.82 bits per heavy atom. The van der Waals surface area contributed by atoms with Gasteiger partial charge in [-0.05, 0) is 15.9 Å². The van der Waals surface area contributed by atoms with Crippen molar-refractivity contribution < 1.29 is 0 Å². The molecule has 2 aromatic rings. The van der Waals surface area contributed by atoms with Crippen molar-refractivity contribution in [1.29, 1.82) is 0 Å². The number of anilines is 2. The van der Waals surface area contributed by atoms with Gasteiger partial charge < -0.3 is 15.3 Å². The number of nitrogens with one attached hydrogen (secondary N) is 2. The zero-order valence-electron chi connectivity index (χ0n) is 9.05. The molecule has 17 heavy (non-hydrogen) atoms. The predicted octanol–water partition coefficient (Wildman–Crippen LogP) is 0.265. The molecule has 0 saturated carbocycles. The molecule has 0 aromatic carbocycles. The summed E-state index contributed by atoms with van der Waals surface area (Å²) in [6.07, 6.45) is 3.05. The molecule has 8 nitrogen and oxygen atoms in total. The summed E-state index contributed by atoms with van der Waals surface area (Å²) in [5, 5.41) is 10.9. The van der Waals surface area contributed by atoms with E-state index in [0.29, 0.717) is 22.7 Å². The fraction of sp³-hybridized carbons (Fsp3) is 0.250. The SMILES string of the molecule is Cn1cnnc1CNc1ncnc(NN)c1Br. The number of rotatable bonds is 4. The third-order valence-corrected chi connectivity index (χ3v) is 2.90. The molecule has 0 aliphatic carbocycles. The fourth-order valence-electron chi connectivity index (χ4n) is 1.22. The van der Waals surface area contributed by atoms with E-state index < -0.39 is 0 Å². The van der Waals surface area contributed by atoms with Crippen LogP contribution < -0.4 is 16.6 Å². The van der Waals surface area contributed by atoms with Gasteiger partial charge in [-0.3, -0.25) is 0 Å². The maximum Gasteiger partial charge on any atom is 0.159 e. The number of aryl methyl sites for hydroxylation is 1. The Bertz CT molecular complexity index is 510. The molecule has 2 heterocycles. The summed E-state index contributed by atoms with van der Waals surface area (Å²) in [5.74, 6) is 7.26. The average molecular weight is 299 g/mol. The van der Waals surface area contributed by atoms with Crippen LogP contribution in [-0.2, 0) is 13.6 Å². The van der Waals surface area contributed by atoms with Gasteiger partial charge in [-0.2, -0.15) is 0 Å². The largest absolute Gasteiger partial charge is 0.362 e. The first-order chi connectivity index (χ1) is 8.22. The molecule has 2 rings (SSSR count). The topological polar surface area (TPSA) is 107 Å². The number of hydrogen-bond donors (Lipinski definition) is 3. The van der Waals surface area contributed by atoms with Crippen LogP contribution in [0, 0.1) is 0 Å². The molecule has 4 N–H and O–H groups in total. The quantitative estimate of drug-likeness (QED) is 0.549. The lowest BCUT2D eigenvalue weighted by molar-refractivity contribution is 0.809. The van der Waals surface area contributed by atoms with Crippen LogP contribution in [0.2, 0.25) is 0 Å². The van der Waals surface area contributed by atoms with E-state index in [-0.39, 0.29) is 0 Å². The van der Waals surface area contributed by atoms with Crippen molar-refractivity contribution in [2.45, 2.75) is 6.54 Å². The molecular formula is C8H11BrN8. The zero-order chi connectivity index (χ0) is 12.3. The Morgan fingerprint density at radius 2 is 2.18 bits per heavy atom. The van der Waals surface area contributed by atoms with E-state index in [4.69, 9.17) is 5.84 Å². The van der Waals surface area contributed by atoms with Crippen LogP contribution in [0.25, 0.3) is 0 Å². The van der Waals surface area contributed by atoms with Gasteiger partial charge in [-0.1, -0.05) is 0 Å². The van der Waals surface area contributed by atoms with Crippen molar-refractivity contribution in [3.8, 4) is 0 Å². The van der Waals surface area contributed by atoms with E-state index in [1.165, 1.54) is 6.33 Å². The Labute approximate surface area is 106 Å². The second-order valence-electron chi connectivity index (χ2n) is 3.24. The van der Waals surface area contributed by atoms with Crippen molar-refractivity contribution in [2.75, 3.05) is 10.7 Å². The lowest BCUT2D eigenvalue weighted by Crippen LogP contribution is -2.12. The van der Waals surface area contributed by atoms with E-state index in [1.807, 2.05) is 11.6 Å². The number of hydrazine groups is 1. The molecule has 0 spiro atoms. The first-order valence-electron chi connectivity index (χ1n) is 4.76.